The molecule has 2 heterocycles. The van der Waals surface area contributed by atoms with Crippen molar-refractivity contribution in [1.82, 2.24) is 0 Å². The van der Waals surface area contributed by atoms with Crippen LogP contribution in [0.15, 0.2) is 24.3 Å². The van der Waals surface area contributed by atoms with Crippen LogP contribution in [0, 0.1) is 0 Å². The second-order valence-corrected chi connectivity index (χ2v) is 28.1. The largest absolute Gasteiger partial charge is 0.472 e. The van der Waals surface area contributed by atoms with Gasteiger partial charge in [-0.15, -0.1) is 0 Å². The van der Waals surface area contributed by atoms with Crippen molar-refractivity contribution in [1.29, 1.82) is 0 Å². The quantitative estimate of drug-likeness (QED) is 0.00886. The Morgan fingerprint density at radius 1 is 0.396 bits per heavy atom. The molecule has 0 aromatic carbocycles. The SMILES string of the molecule is CCCCCCCC/C=C\CCCCCC(=O)OCC1OC(OC2C(O)C(O)C(O)C(OC3OC(CO)C(O)C(O)C3O)C2OP(=O)(O)OCC(COC(=O)CCCCCCCCCCCCCCCC)OC(=O)CCCCC/C=C\CCCCCCCCC)C(O)C(O)C1O. The normalized spacial score (nSPS) is 28.1. The molecule has 3 fully saturated rings. The van der Waals surface area contributed by atoms with Crippen LogP contribution in [0.4, 0.5) is 0 Å². The van der Waals surface area contributed by atoms with Crippen LogP contribution in [-0.2, 0) is 61.2 Å². The maximum absolute atomic E-state index is 14.3. The Hall–Kier alpha value is -2.56. The van der Waals surface area contributed by atoms with Gasteiger partial charge < -0.3 is 89.1 Å². The minimum atomic E-state index is -5.70. The Labute approximate surface area is 573 Å². The highest BCUT2D eigenvalue weighted by molar-refractivity contribution is 7.47. The van der Waals surface area contributed by atoms with Crippen LogP contribution in [0.25, 0.3) is 0 Å². The Bertz CT molecular complexity index is 2090. The highest BCUT2D eigenvalue weighted by Gasteiger charge is 2.58. The molecule has 3 rings (SSSR count). The molecule has 0 aromatic rings. The van der Waals surface area contributed by atoms with Crippen LogP contribution in [0.1, 0.15) is 278 Å². The number of rotatable bonds is 57. The van der Waals surface area contributed by atoms with E-state index in [1.165, 1.54) is 122 Å². The zero-order valence-corrected chi connectivity index (χ0v) is 59.3. The Kier molecular flexibility index (Phi) is 48.7. The lowest BCUT2D eigenvalue weighted by Crippen LogP contribution is -2.69. The van der Waals surface area contributed by atoms with Crippen molar-refractivity contribution in [2.75, 3.05) is 26.4 Å². The van der Waals surface area contributed by atoms with Crippen molar-refractivity contribution in [3.63, 3.8) is 0 Å². The van der Waals surface area contributed by atoms with E-state index < -0.39 is 156 Å². The summed E-state index contributed by atoms with van der Waals surface area (Å²) in [5, 5.41) is 110. The first-order chi connectivity index (χ1) is 46.3. The van der Waals surface area contributed by atoms with E-state index in [-0.39, 0.29) is 19.3 Å². The van der Waals surface area contributed by atoms with Gasteiger partial charge in [0.2, 0.25) is 0 Å². The molecule has 2 aliphatic heterocycles. The zero-order chi connectivity index (χ0) is 70.4. The summed E-state index contributed by atoms with van der Waals surface area (Å²) in [5.41, 5.74) is 0. The van der Waals surface area contributed by atoms with Gasteiger partial charge in [-0.05, 0) is 70.6 Å². The molecule has 1 saturated carbocycles. The number of carbonyl (C=O) groups excluding carboxylic acids is 3. The van der Waals surface area contributed by atoms with Gasteiger partial charge in [-0.3, -0.25) is 23.4 Å². The first-order valence-corrected chi connectivity index (χ1v) is 38.6. The number of phosphoric ester groups is 1. The van der Waals surface area contributed by atoms with E-state index in [4.69, 9.17) is 42.2 Å². The summed E-state index contributed by atoms with van der Waals surface area (Å²) in [6, 6.07) is 0. The van der Waals surface area contributed by atoms with Gasteiger partial charge in [0.1, 0.15) is 98.7 Å². The third-order valence-electron chi connectivity index (χ3n) is 18.2. The highest BCUT2D eigenvalue weighted by atomic mass is 31.2. The van der Waals surface area contributed by atoms with Crippen molar-refractivity contribution >= 4 is 25.7 Å². The van der Waals surface area contributed by atoms with E-state index in [1.54, 1.807) is 0 Å². The summed E-state index contributed by atoms with van der Waals surface area (Å²) in [6.45, 7) is 3.40. The summed E-state index contributed by atoms with van der Waals surface area (Å²) in [4.78, 5) is 50.9. The topological polar surface area (TPSA) is 374 Å². The number of hydrogen-bond donors (Lipinski definition) is 11. The molecule has 0 bridgehead atoms. The van der Waals surface area contributed by atoms with Gasteiger partial charge in [0.05, 0.1) is 13.2 Å². The van der Waals surface area contributed by atoms with Crippen molar-refractivity contribution < 1.29 is 117 Å². The average molecular weight is 1400 g/mol. The number of unbranched alkanes of at least 4 members (excludes halogenated alkanes) is 32. The minimum Gasteiger partial charge on any atom is -0.463 e. The van der Waals surface area contributed by atoms with Crippen molar-refractivity contribution in [2.24, 2.45) is 0 Å². The molecule has 18 unspecified atom stereocenters. The second-order valence-electron chi connectivity index (χ2n) is 26.7. The monoisotopic (exact) mass is 1400 g/mol. The number of carbonyl (C=O) groups is 3. The van der Waals surface area contributed by atoms with E-state index in [2.05, 4.69) is 45.1 Å². The number of phosphoric acid groups is 1. The molecule has 24 nitrogen and oxygen atoms in total. The van der Waals surface area contributed by atoms with Crippen LogP contribution in [0.2, 0.25) is 0 Å². The maximum atomic E-state index is 14.3. The molecule has 25 heteroatoms. The average Bonchev–Trinajstić information content (AvgIpc) is 0.778. The lowest BCUT2D eigenvalue weighted by molar-refractivity contribution is -0.360. The number of aliphatic hydroxyl groups is 10. The number of hydrogen-bond acceptors (Lipinski definition) is 23. The van der Waals surface area contributed by atoms with Gasteiger partial charge in [-0.25, -0.2) is 4.57 Å². The molecule has 0 aromatic heterocycles. The van der Waals surface area contributed by atoms with Gasteiger partial charge in [0, 0.05) is 19.3 Å². The smallest absolute Gasteiger partial charge is 0.463 e. The highest BCUT2D eigenvalue weighted by Crippen LogP contribution is 2.49. The van der Waals surface area contributed by atoms with Crippen molar-refractivity contribution in [2.45, 2.75) is 382 Å². The minimum absolute atomic E-state index is 0.00756. The molecule has 18 atom stereocenters. The predicted molar refractivity (Wildman–Crippen MR) is 361 cm³/mol. The van der Waals surface area contributed by atoms with Gasteiger partial charge in [0.25, 0.3) is 0 Å². The summed E-state index contributed by atoms with van der Waals surface area (Å²) in [6.07, 6.45) is 12.6. The Morgan fingerprint density at radius 3 is 1.14 bits per heavy atom. The van der Waals surface area contributed by atoms with Gasteiger partial charge in [0.15, 0.2) is 18.7 Å². The van der Waals surface area contributed by atoms with E-state index in [0.29, 0.717) is 25.7 Å². The van der Waals surface area contributed by atoms with E-state index >= 15 is 0 Å². The molecule has 0 amide bonds. The van der Waals surface area contributed by atoms with Gasteiger partial charge in [-0.2, -0.15) is 0 Å². The molecule has 3 aliphatic rings. The van der Waals surface area contributed by atoms with Crippen LogP contribution in [0.5, 0.6) is 0 Å². The van der Waals surface area contributed by atoms with Crippen LogP contribution >= 0.6 is 7.82 Å². The summed E-state index contributed by atoms with van der Waals surface area (Å²) in [5.74, 6) is -2.02. The van der Waals surface area contributed by atoms with Crippen LogP contribution in [-0.4, -0.2) is 204 Å². The molecule has 562 valence electrons. The molecular formula is C71H129O24P. The number of ether oxygens (including phenoxy) is 7. The third-order valence-corrected chi connectivity index (χ3v) is 19.2. The Morgan fingerprint density at radius 2 is 0.729 bits per heavy atom. The fourth-order valence-electron chi connectivity index (χ4n) is 12.1. The third kappa shape index (κ3) is 36.4. The molecular weight excluding hydrogens is 1270 g/mol. The lowest BCUT2D eigenvalue weighted by atomic mass is 9.84. The van der Waals surface area contributed by atoms with Gasteiger partial charge >= 0.3 is 25.7 Å². The van der Waals surface area contributed by atoms with Crippen molar-refractivity contribution in [3.05, 3.63) is 24.3 Å². The predicted octanol–water partition coefficient (Wildman–Crippen LogP) is 9.74. The fourth-order valence-corrected chi connectivity index (χ4v) is 13.1. The molecule has 96 heavy (non-hydrogen) atoms. The van der Waals surface area contributed by atoms with Crippen LogP contribution < -0.4 is 0 Å². The van der Waals surface area contributed by atoms with Crippen molar-refractivity contribution in [3.8, 4) is 0 Å². The standard InChI is InChI=1S/C71H129O24P/c1-4-7-10-13-16-19-22-25-28-31-33-36-39-42-45-55(73)87-49-52(90-57(75)47-44-41-38-35-32-29-26-23-20-17-14-11-8-5-2)50-89-96(85,86)95-69-67(93-70-65(83)60(78)58(76)53(48-72)91-70)63(81)62(80)64(82)68(69)94-71-66(84)61(79)59(77)54(92-71)51-88-56(74)46-43-40-37-34-30-27-24-21-18-15-12-9-6-3/h27,29-30,32,52-54,58-72,76-84H,4-26,28,31,33-51H2,1-3H3,(H,85,86)/b30-27-,32-29-. The molecule has 1 aliphatic carbocycles. The maximum Gasteiger partial charge on any atom is 0.472 e. The van der Waals surface area contributed by atoms with Crippen LogP contribution in [0.3, 0.4) is 0 Å². The molecule has 11 N–H and O–H groups in total. The zero-order valence-electron chi connectivity index (χ0n) is 58.4. The molecule has 0 radical (unpaired) electrons. The lowest BCUT2D eigenvalue weighted by Gasteiger charge is -2.49. The summed E-state index contributed by atoms with van der Waals surface area (Å²) in [7, 11) is -5.70. The summed E-state index contributed by atoms with van der Waals surface area (Å²) >= 11 is 0. The summed E-state index contributed by atoms with van der Waals surface area (Å²) < 4.78 is 64.9. The molecule has 2 saturated heterocycles. The number of aliphatic hydroxyl groups excluding tert-OH is 10. The Balaban J connectivity index is 1.75. The second kappa shape index (κ2) is 53.3. The first kappa shape index (κ1) is 87.7. The van der Waals surface area contributed by atoms with E-state index in [1.807, 2.05) is 0 Å². The van der Waals surface area contributed by atoms with Gasteiger partial charge in [-0.1, -0.05) is 212 Å². The fraction of sp³-hybridized carbons (Fsp3) is 0.901. The molecule has 0 spiro atoms. The number of allylic oxidation sites excluding steroid dienone is 4. The van der Waals surface area contributed by atoms with E-state index in [0.717, 1.165) is 89.9 Å². The number of esters is 3. The van der Waals surface area contributed by atoms with E-state index in [9.17, 15) is 74.9 Å². The first-order valence-electron chi connectivity index (χ1n) is 37.1.